The van der Waals surface area contributed by atoms with E-state index in [1.807, 2.05) is 4.90 Å². The molecule has 1 amide bonds. The van der Waals surface area contributed by atoms with Crippen molar-refractivity contribution in [3.8, 4) is 0 Å². The Kier molecular flexibility index (Phi) is 2.86. The van der Waals surface area contributed by atoms with Crippen LogP contribution in [0.25, 0.3) is 0 Å². The summed E-state index contributed by atoms with van der Waals surface area (Å²) >= 11 is 0. The third kappa shape index (κ3) is 1.89. The maximum Gasteiger partial charge on any atom is 0.240 e. The zero-order chi connectivity index (χ0) is 11.5. The minimum atomic E-state index is -0.321. The van der Waals surface area contributed by atoms with Crippen molar-refractivity contribution < 1.29 is 4.79 Å². The van der Waals surface area contributed by atoms with Gasteiger partial charge in [-0.1, -0.05) is 0 Å². The Hall–Kier alpha value is -1.89. The summed E-state index contributed by atoms with van der Waals surface area (Å²) in [5.41, 5.74) is 7.77. The van der Waals surface area contributed by atoms with E-state index < -0.39 is 0 Å². The first-order valence-corrected chi connectivity index (χ1v) is 5.07. The number of carbonyl (C=O) groups is 1. The molecule has 2 heterocycles. The van der Waals surface area contributed by atoms with E-state index in [4.69, 9.17) is 11.6 Å². The number of nitrogens with zero attached hydrogens (tertiary/aromatic N) is 3. The van der Waals surface area contributed by atoms with E-state index in [-0.39, 0.29) is 11.9 Å². The van der Waals surface area contributed by atoms with Gasteiger partial charge in [0.2, 0.25) is 5.91 Å². The van der Waals surface area contributed by atoms with Crippen LogP contribution in [0.15, 0.2) is 12.4 Å². The van der Waals surface area contributed by atoms with Gasteiger partial charge >= 0.3 is 0 Å². The molecule has 5 N–H and O–H groups in total. The van der Waals surface area contributed by atoms with E-state index in [2.05, 4.69) is 15.4 Å². The lowest BCUT2D eigenvalue weighted by molar-refractivity contribution is -0.119. The highest BCUT2D eigenvalue weighted by molar-refractivity contribution is 5.84. The first kappa shape index (κ1) is 10.6. The Morgan fingerprint density at radius 3 is 3.06 bits per heavy atom. The van der Waals surface area contributed by atoms with Gasteiger partial charge in [-0.05, 0) is 12.8 Å². The summed E-state index contributed by atoms with van der Waals surface area (Å²) in [6.07, 6.45) is 3.11. The molecule has 1 unspecified atom stereocenters. The highest BCUT2D eigenvalue weighted by atomic mass is 16.1. The Bertz CT molecular complexity index is 395. The number of anilines is 2. The molecule has 1 saturated heterocycles. The standard InChI is InChI=1S/C9H14N6O/c10-9(16)6-2-1-3-15(6)8-4-7(14-11)12-5-13-8/h4-6H,1-3,11H2,(H2,10,16)(H,12,13,14). The number of aromatic nitrogens is 2. The molecule has 1 aliphatic heterocycles. The Morgan fingerprint density at radius 2 is 2.38 bits per heavy atom. The van der Waals surface area contributed by atoms with E-state index in [1.165, 1.54) is 6.33 Å². The summed E-state index contributed by atoms with van der Waals surface area (Å²) in [6, 6.07) is 1.42. The number of hydrazine groups is 1. The first-order chi connectivity index (χ1) is 7.72. The largest absolute Gasteiger partial charge is 0.368 e. The normalized spacial score (nSPS) is 19.8. The van der Waals surface area contributed by atoms with Gasteiger partial charge in [0, 0.05) is 12.6 Å². The van der Waals surface area contributed by atoms with E-state index >= 15 is 0 Å². The molecule has 0 radical (unpaired) electrons. The topological polar surface area (TPSA) is 110 Å². The van der Waals surface area contributed by atoms with E-state index in [9.17, 15) is 4.79 Å². The summed E-state index contributed by atoms with van der Waals surface area (Å²) < 4.78 is 0. The first-order valence-electron chi connectivity index (χ1n) is 5.07. The zero-order valence-electron chi connectivity index (χ0n) is 8.76. The average molecular weight is 222 g/mol. The van der Waals surface area contributed by atoms with Crippen LogP contribution in [0.1, 0.15) is 12.8 Å². The minimum absolute atomic E-state index is 0.277. The lowest BCUT2D eigenvalue weighted by atomic mass is 10.2. The minimum Gasteiger partial charge on any atom is -0.368 e. The lowest BCUT2D eigenvalue weighted by Gasteiger charge is -2.23. The number of nitrogen functional groups attached to an aromatic ring is 1. The highest BCUT2D eigenvalue weighted by Crippen LogP contribution is 2.24. The van der Waals surface area contributed by atoms with Crippen LogP contribution in [0, 0.1) is 0 Å². The smallest absolute Gasteiger partial charge is 0.240 e. The van der Waals surface area contributed by atoms with Crippen molar-refractivity contribution in [2.24, 2.45) is 11.6 Å². The van der Waals surface area contributed by atoms with Crippen LogP contribution in [0.3, 0.4) is 0 Å². The predicted molar refractivity (Wildman–Crippen MR) is 59.4 cm³/mol. The second-order valence-electron chi connectivity index (χ2n) is 3.66. The predicted octanol–water partition coefficient (Wildman–Crippen LogP) is -0.784. The summed E-state index contributed by atoms with van der Waals surface area (Å²) in [4.78, 5) is 21.1. The van der Waals surface area contributed by atoms with Gasteiger partial charge in [-0.15, -0.1) is 0 Å². The summed E-state index contributed by atoms with van der Waals surface area (Å²) in [6.45, 7) is 0.772. The maximum atomic E-state index is 11.2. The van der Waals surface area contributed by atoms with Gasteiger partial charge in [-0.2, -0.15) is 0 Å². The maximum absolute atomic E-state index is 11.2. The fraction of sp³-hybridized carbons (Fsp3) is 0.444. The second-order valence-corrected chi connectivity index (χ2v) is 3.66. The molecule has 0 aliphatic carbocycles. The molecule has 1 aliphatic rings. The fourth-order valence-corrected chi connectivity index (χ4v) is 1.92. The number of nitrogens with two attached hydrogens (primary N) is 2. The van der Waals surface area contributed by atoms with E-state index in [0.29, 0.717) is 11.6 Å². The zero-order valence-corrected chi connectivity index (χ0v) is 8.76. The fourth-order valence-electron chi connectivity index (χ4n) is 1.92. The van der Waals surface area contributed by atoms with E-state index in [1.54, 1.807) is 6.07 Å². The molecular formula is C9H14N6O. The summed E-state index contributed by atoms with van der Waals surface area (Å²) in [5.74, 6) is 6.13. The van der Waals surface area contributed by atoms with Crippen LogP contribution >= 0.6 is 0 Å². The van der Waals surface area contributed by atoms with Crippen LogP contribution in [0.5, 0.6) is 0 Å². The van der Waals surface area contributed by atoms with Gasteiger partial charge in [0.05, 0.1) is 0 Å². The van der Waals surface area contributed by atoms with Gasteiger partial charge in [-0.3, -0.25) is 4.79 Å². The van der Waals surface area contributed by atoms with Gasteiger partial charge in [0.15, 0.2) is 0 Å². The molecule has 7 nitrogen and oxygen atoms in total. The third-order valence-corrected chi connectivity index (χ3v) is 2.68. The molecule has 86 valence electrons. The van der Waals surface area contributed by atoms with Crippen molar-refractivity contribution in [3.05, 3.63) is 12.4 Å². The molecule has 1 aromatic rings. The number of primary amides is 1. The van der Waals surface area contributed by atoms with Gasteiger partial charge < -0.3 is 16.1 Å². The molecule has 1 fully saturated rings. The molecule has 7 heteroatoms. The lowest BCUT2D eigenvalue weighted by Crippen LogP contribution is -2.40. The quantitative estimate of drug-likeness (QED) is 0.457. The molecular weight excluding hydrogens is 208 g/mol. The Morgan fingerprint density at radius 1 is 1.56 bits per heavy atom. The van der Waals surface area contributed by atoms with Crippen molar-refractivity contribution >= 4 is 17.5 Å². The Labute approximate surface area is 92.8 Å². The number of hydrogen-bond acceptors (Lipinski definition) is 6. The van der Waals surface area contributed by atoms with Crippen LogP contribution in [0.2, 0.25) is 0 Å². The van der Waals surface area contributed by atoms with Gasteiger partial charge in [-0.25, -0.2) is 15.8 Å². The van der Waals surface area contributed by atoms with Crippen molar-refractivity contribution in [2.75, 3.05) is 16.9 Å². The highest BCUT2D eigenvalue weighted by Gasteiger charge is 2.29. The molecule has 0 spiro atoms. The third-order valence-electron chi connectivity index (χ3n) is 2.68. The van der Waals surface area contributed by atoms with Crippen molar-refractivity contribution in [1.29, 1.82) is 0 Å². The number of carbonyl (C=O) groups excluding carboxylic acids is 1. The monoisotopic (exact) mass is 222 g/mol. The molecule has 2 rings (SSSR count). The van der Waals surface area contributed by atoms with Crippen LogP contribution in [0.4, 0.5) is 11.6 Å². The summed E-state index contributed by atoms with van der Waals surface area (Å²) in [5, 5.41) is 0. The van der Waals surface area contributed by atoms with Crippen molar-refractivity contribution in [2.45, 2.75) is 18.9 Å². The van der Waals surface area contributed by atoms with Crippen LogP contribution in [-0.4, -0.2) is 28.5 Å². The molecule has 1 atom stereocenters. The van der Waals surface area contributed by atoms with Crippen molar-refractivity contribution in [1.82, 2.24) is 9.97 Å². The molecule has 1 aromatic heterocycles. The SMILES string of the molecule is NNc1cc(N2CCCC2C(N)=O)ncn1. The second kappa shape index (κ2) is 4.31. The number of nitrogens with one attached hydrogen (secondary N) is 1. The van der Waals surface area contributed by atoms with E-state index in [0.717, 1.165) is 19.4 Å². The van der Waals surface area contributed by atoms with Gasteiger partial charge in [0.1, 0.15) is 24.0 Å². The number of amides is 1. The van der Waals surface area contributed by atoms with Crippen molar-refractivity contribution in [3.63, 3.8) is 0 Å². The van der Waals surface area contributed by atoms with Gasteiger partial charge in [0.25, 0.3) is 0 Å². The molecule has 0 bridgehead atoms. The molecule has 0 aromatic carbocycles. The summed E-state index contributed by atoms with van der Waals surface area (Å²) in [7, 11) is 0. The number of rotatable bonds is 3. The van der Waals surface area contributed by atoms with Crippen LogP contribution < -0.4 is 21.9 Å². The molecule has 0 saturated carbocycles. The van der Waals surface area contributed by atoms with Crippen LogP contribution in [-0.2, 0) is 4.79 Å². The number of hydrogen-bond donors (Lipinski definition) is 3. The Balaban J connectivity index is 2.25. The molecule has 16 heavy (non-hydrogen) atoms. The average Bonchev–Trinajstić information content (AvgIpc) is 2.78.